The van der Waals surface area contributed by atoms with E-state index >= 15 is 0 Å². The van der Waals surface area contributed by atoms with Gasteiger partial charge in [0.15, 0.2) is 11.8 Å². The van der Waals surface area contributed by atoms with Gasteiger partial charge in [-0.1, -0.05) is 5.92 Å². The third kappa shape index (κ3) is 7.63. The first-order valence-electron chi connectivity index (χ1n) is 8.85. The zero-order chi connectivity index (χ0) is 20.0. The molecule has 2 heterocycles. The topological polar surface area (TPSA) is 153 Å². The SMILES string of the molecule is C#CC(COCCOCCOCCOCCN)Oc1nc(N)nc2nc[nH]c12. The van der Waals surface area contributed by atoms with Gasteiger partial charge in [-0.25, -0.2) is 4.98 Å². The number of anilines is 1. The molecule has 2 rings (SSSR count). The van der Waals surface area contributed by atoms with Crippen LogP contribution in [0.25, 0.3) is 11.2 Å². The summed E-state index contributed by atoms with van der Waals surface area (Å²) in [5.41, 5.74) is 11.9. The fourth-order valence-electron chi connectivity index (χ4n) is 2.09. The lowest BCUT2D eigenvalue weighted by molar-refractivity contribution is -0.00782. The Bertz CT molecular complexity index is 734. The van der Waals surface area contributed by atoms with Crippen LogP contribution in [0.3, 0.4) is 0 Å². The van der Waals surface area contributed by atoms with E-state index in [4.69, 9.17) is 41.6 Å². The molecular weight excluding hydrogens is 368 g/mol. The smallest absolute Gasteiger partial charge is 0.246 e. The van der Waals surface area contributed by atoms with E-state index < -0.39 is 6.10 Å². The number of hydrogen-bond acceptors (Lipinski definition) is 10. The molecule has 1 atom stereocenters. The first-order valence-corrected chi connectivity index (χ1v) is 8.85. The number of nitrogen functional groups attached to an aromatic ring is 1. The van der Waals surface area contributed by atoms with Crippen molar-refractivity contribution in [1.82, 2.24) is 19.9 Å². The number of nitrogens with zero attached hydrogens (tertiary/aromatic N) is 3. The normalized spacial score (nSPS) is 12.1. The van der Waals surface area contributed by atoms with Gasteiger partial charge < -0.3 is 40.1 Å². The number of nitrogens with two attached hydrogens (primary N) is 2. The van der Waals surface area contributed by atoms with Crippen molar-refractivity contribution in [3.05, 3.63) is 6.33 Å². The zero-order valence-corrected chi connectivity index (χ0v) is 15.6. The van der Waals surface area contributed by atoms with Crippen LogP contribution in [0.15, 0.2) is 6.33 Å². The molecule has 1 unspecified atom stereocenters. The van der Waals surface area contributed by atoms with Crippen molar-refractivity contribution in [1.29, 1.82) is 0 Å². The predicted molar refractivity (Wildman–Crippen MR) is 102 cm³/mol. The van der Waals surface area contributed by atoms with Crippen molar-refractivity contribution in [2.24, 2.45) is 5.73 Å². The summed E-state index contributed by atoms with van der Waals surface area (Å²) in [5.74, 6) is 2.78. The summed E-state index contributed by atoms with van der Waals surface area (Å²) >= 11 is 0. The largest absolute Gasteiger partial charge is 0.457 e. The fraction of sp³-hybridized carbons (Fsp3) is 0.588. The monoisotopic (exact) mass is 394 g/mol. The highest BCUT2D eigenvalue weighted by Gasteiger charge is 2.14. The lowest BCUT2D eigenvalue weighted by atomic mass is 10.4. The van der Waals surface area contributed by atoms with E-state index in [1.807, 2.05) is 0 Å². The molecule has 0 aliphatic carbocycles. The Morgan fingerprint density at radius 3 is 2.29 bits per heavy atom. The molecule has 0 saturated carbocycles. The van der Waals surface area contributed by atoms with E-state index in [0.717, 1.165) is 0 Å². The third-order valence-electron chi connectivity index (χ3n) is 3.36. The Kier molecular flexibility index (Phi) is 9.98. The number of ether oxygens (including phenoxy) is 5. The molecule has 0 radical (unpaired) electrons. The molecule has 5 N–H and O–H groups in total. The summed E-state index contributed by atoms with van der Waals surface area (Å²) in [6, 6.07) is 0. The van der Waals surface area contributed by atoms with Crippen molar-refractivity contribution < 1.29 is 23.7 Å². The molecule has 0 amide bonds. The Hall–Kier alpha value is -2.49. The lowest BCUT2D eigenvalue weighted by Crippen LogP contribution is -2.23. The fourth-order valence-corrected chi connectivity index (χ4v) is 2.09. The number of nitrogens with one attached hydrogen (secondary N) is 1. The van der Waals surface area contributed by atoms with Crippen LogP contribution in [0.1, 0.15) is 0 Å². The zero-order valence-electron chi connectivity index (χ0n) is 15.6. The molecule has 28 heavy (non-hydrogen) atoms. The van der Waals surface area contributed by atoms with Crippen LogP contribution in [-0.4, -0.2) is 85.4 Å². The highest BCUT2D eigenvalue weighted by atomic mass is 16.6. The molecule has 11 heteroatoms. The summed E-state index contributed by atoms with van der Waals surface area (Å²) in [6.45, 7) is 3.99. The van der Waals surface area contributed by atoms with Gasteiger partial charge in [-0.15, -0.1) is 6.42 Å². The maximum absolute atomic E-state index is 5.67. The van der Waals surface area contributed by atoms with Crippen LogP contribution in [0.2, 0.25) is 0 Å². The standard InChI is InChI=1S/C17H26N6O5/c1-2-13(28-16-14-15(21-12-20-14)22-17(19)23-16)11-27-10-9-26-8-7-25-6-5-24-4-3-18/h1,12-13H,3-11,18H2,(H3,19,20,21,22,23). The maximum Gasteiger partial charge on any atom is 0.246 e. The van der Waals surface area contributed by atoms with E-state index in [9.17, 15) is 0 Å². The third-order valence-corrected chi connectivity index (χ3v) is 3.36. The molecule has 0 saturated heterocycles. The number of H-pyrrole nitrogens is 1. The molecule has 0 aliphatic rings. The predicted octanol–water partition coefficient (Wildman–Crippen LogP) is -0.659. The lowest BCUT2D eigenvalue weighted by Gasteiger charge is -2.14. The highest BCUT2D eigenvalue weighted by Crippen LogP contribution is 2.20. The van der Waals surface area contributed by atoms with Crippen LogP contribution in [0.5, 0.6) is 5.88 Å². The molecule has 11 nitrogen and oxygen atoms in total. The second-order valence-electron chi connectivity index (χ2n) is 5.46. The van der Waals surface area contributed by atoms with Crippen molar-refractivity contribution in [3.8, 4) is 18.2 Å². The van der Waals surface area contributed by atoms with Gasteiger partial charge in [0.05, 0.1) is 59.2 Å². The number of aromatic nitrogens is 4. The van der Waals surface area contributed by atoms with Gasteiger partial charge in [-0.2, -0.15) is 9.97 Å². The average Bonchev–Trinajstić information content (AvgIpc) is 3.16. The van der Waals surface area contributed by atoms with E-state index in [1.165, 1.54) is 6.33 Å². The quantitative estimate of drug-likeness (QED) is 0.262. The number of fused-ring (bicyclic) bond motifs is 1. The van der Waals surface area contributed by atoms with Gasteiger partial charge in [0.25, 0.3) is 0 Å². The summed E-state index contributed by atoms with van der Waals surface area (Å²) in [5, 5.41) is 0. The van der Waals surface area contributed by atoms with Crippen LogP contribution in [0, 0.1) is 12.3 Å². The van der Waals surface area contributed by atoms with Crippen molar-refractivity contribution in [2.45, 2.75) is 6.10 Å². The summed E-state index contributed by atoms with van der Waals surface area (Å²) in [4.78, 5) is 14.9. The van der Waals surface area contributed by atoms with Crippen molar-refractivity contribution in [3.63, 3.8) is 0 Å². The summed E-state index contributed by atoms with van der Waals surface area (Å²) in [7, 11) is 0. The number of imidazole rings is 1. The molecule has 2 aromatic rings. The van der Waals surface area contributed by atoms with E-state index in [2.05, 4.69) is 25.9 Å². The van der Waals surface area contributed by atoms with Crippen LogP contribution in [0.4, 0.5) is 5.95 Å². The second-order valence-corrected chi connectivity index (χ2v) is 5.46. The first-order chi connectivity index (χ1) is 13.7. The maximum atomic E-state index is 5.67. The summed E-state index contributed by atoms with van der Waals surface area (Å²) in [6.07, 6.45) is 6.33. The Morgan fingerprint density at radius 2 is 1.64 bits per heavy atom. The van der Waals surface area contributed by atoms with Gasteiger partial charge in [0.1, 0.15) is 5.52 Å². The second kappa shape index (κ2) is 12.8. The van der Waals surface area contributed by atoms with Crippen LogP contribution < -0.4 is 16.2 Å². The molecule has 0 bridgehead atoms. The van der Waals surface area contributed by atoms with E-state index in [0.29, 0.717) is 64.0 Å². The first kappa shape index (κ1) is 21.8. The molecule has 154 valence electrons. The molecular formula is C17H26N6O5. The Morgan fingerprint density at radius 1 is 1.00 bits per heavy atom. The van der Waals surface area contributed by atoms with Gasteiger partial charge >= 0.3 is 0 Å². The van der Waals surface area contributed by atoms with Gasteiger partial charge in [-0.05, 0) is 0 Å². The van der Waals surface area contributed by atoms with Crippen LogP contribution in [-0.2, 0) is 18.9 Å². The molecule has 0 aliphatic heterocycles. The van der Waals surface area contributed by atoms with Gasteiger partial charge in [0.2, 0.25) is 11.8 Å². The number of hydrogen-bond donors (Lipinski definition) is 3. The minimum absolute atomic E-state index is 0.0489. The minimum Gasteiger partial charge on any atom is -0.457 e. The Labute approximate surface area is 163 Å². The van der Waals surface area contributed by atoms with Crippen molar-refractivity contribution >= 4 is 17.1 Å². The van der Waals surface area contributed by atoms with Crippen LogP contribution >= 0.6 is 0 Å². The van der Waals surface area contributed by atoms with E-state index in [-0.39, 0.29) is 18.4 Å². The van der Waals surface area contributed by atoms with E-state index in [1.54, 1.807) is 0 Å². The Balaban J connectivity index is 1.57. The average molecular weight is 394 g/mol. The van der Waals surface area contributed by atoms with Crippen molar-refractivity contribution in [2.75, 3.05) is 65.1 Å². The minimum atomic E-state index is -0.641. The number of terminal acetylenes is 1. The highest BCUT2D eigenvalue weighted by molar-refractivity contribution is 5.76. The molecule has 0 spiro atoms. The van der Waals surface area contributed by atoms with Gasteiger partial charge in [-0.3, -0.25) is 0 Å². The summed E-state index contributed by atoms with van der Waals surface area (Å²) < 4.78 is 27.1. The molecule has 2 aromatic heterocycles. The molecule has 0 aromatic carbocycles. The van der Waals surface area contributed by atoms with Gasteiger partial charge in [0, 0.05) is 6.54 Å². The number of rotatable bonds is 15. The number of aromatic amines is 1. The molecule has 0 fully saturated rings.